The Morgan fingerprint density at radius 3 is 0.900 bits per heavy atom. The summed E-state index contributed by atoms with van der Waals surface area (Å²) in [7, 11) is -5.39. The molecule has 0 atom stereocenters. The van der Waals surface area contributed by atoms with Crippen LogP contribution in [-0.4, -0.2) is 0 Å². The molecule has 0 fully saturated rings. The van der Waals surface area contributed by atoms with Gasteiger partial charge in [0.15, 0.2) is 0 Å². The Bertz CT molecular complexity index is 66.6. The van der Waals surface area contributed by atoms with Gasteiger partial charge in [-0.3, -0.25) is 0 Å². The number of hydrogen-bond donors (Lipinski definition) is 0. The minimum atomic E-state index is -5.39. The van der Waals surface area contributed by atoms with E-state index in [-0.39, 0.29) is 51.5 Å². The molecule has 0 N–H and O–H groups in total. The first-order chi connectivity index (χ1) is 2.00. The topological polar surface area (TPSA) is 86.2 Å². The molecule has 0 aliphatic carbocycles. The summed E-state index contributed by atoms with van der Waals surface area (Å²) in [6.07, 6.45) is 0. The summed E-state index contributed by atoms with van der Waals surface area (Å²) >= 11 is 0. The van der Waals surface area contributed by atoms with Gasteiger partial charge in [0.05, 0.1) is 0 Å². The van der Waals surface area contributed by atoms with E-state index in [9.17, 15) is 0 Å². The molecular formula is F3LiO4PV. The predicted octanol–water partition coefficient (Wildman–Crippen LogP) is -14.8. The van der Waals surface area contributed by atoms with Crippen LogP contribution < -0.4 is 47.7 Å². The number of rotatable bonds is 0. The van der Waals surface area contributed by atoms with Crippen LogP contribution in [0.15, 0.2) is 0 Å². The van der Waals surface area contributed by atoms with Crippen molar-refractivity contribution in [3.8, 4) is 0 Å². The van der Waals surface area contributed by atoms with Crippen molar-refractivity contribution in [2.24, 2.45) is 0 Å². The van der Waals surface area contributed by atoms with Gasteiger partial charge in [-0.05, 0) is 0 Å². The van der Waals surface area contributed by atoms with Crippen molar-refractivity contribution in [2.45, 2.75) is 0 Å². The van der Waals surface area contributed by atoms with E-state index in [1.54, 1.807) is 0 Å². The smallest absolute Gasteiger partial charge is 1.00 e. The third kappa shape index (κ3) is 507. The van der Waals surface area contributed by atoms with Gasteiger partial charge in [0.1, 0.15) is 0 Å². The Balaban J connectivity index is -0.00000000800. The van der Waals surface area contributed by atoms with Gasteiger partial charge in [0.25, 0.3) is 0 Å². The van der Waals surface area contributed by atoms with E-state index in [0.29, 0.717) is 0 Å². The molecule has 56 valence electrons. The molecule has 0 amide bonds. The van der Waals surface area contributed by atoms with Crippen LogP contribution in [0.1, 0.15) is 0 Å². The third-order valence-corrected chi connectivity index (χ3v) is 0. The van der Waals surface area contributed by atoms with Gasteiger partial charge in [0.2, 0.25) is 0 Å². The third-order valence-electron chi connectivity index (χ3n) is 0. The monoisotopic (exact) mass is 210 g/mol. The number of halogens is 3. The fraction of sp³-hybridized carbons (Fsp3) is 0. The van der Waals surface area contributed by atoms with Gasteiger partial charge in [-0.1, -0.05) is 0 Å². The molecule has 0 aromatic heterocycles. The zero-order valence-electron chi connectivity index (χ0n) is 4.66. The summed E-state index contributed by atoms with van der Waals surface area (Å²) in [5.41, 5.74) is 0. The first-order valence-corrected chi connectivity index (χ1v) is 2.19. The molecule has 0 aliphatic heterocycles. The molecular weight excluding hydrogens is 210 g/mol. The second-order valence-electron chi connectivity index (χ2n) is 0.447. The zero-order valence-corrected chi connectivity index (χ0v) is 6.95. The minimum Gasteiger partial charge on any atom is -1.00 e. The molecule has 0 bridgehead atoms. The van der Waals surface area contributed by atoms with Crippen molar-refractivity contribution >= 4 is 7.82 Å². The van der Waals surface area contributed by atoms with E-state index < -0.39 is 7.82 Å². The molecule has 0 aromatic rings. The van der Waals surface area contributed by atoms with Gasteiger partial charge in [-0.2, -0.15) is 7.82 Å². The molecule has 4 nitrogen and oxygen atoms in total. The van der Waals surface area contributed by atoms with Crippen LogP contribution in [0.25, 0.3) is 0 Å². The summed E-state index contributed by atoms with van der Waals surface area (Å²) in [6, 6.07) is 0. The molecule has 0 spiro atoms. The van der Waals surface area contributed by atoms with Crippen LogP contribution in [0.2, 0.25) is 0 Å². The maximum atomic E-state index is 8.55. The van der Waals surface area contributed by atoms with Gasteiger partial charge in [-0.15, -0.1) is 0 Å². The molecule has 0 aromatic carbocycles. The van der Waals surface area contributed by atoms with Crippen LogP contribution in [0.3, 0.4) is 0 Å². The van der Waals surface area contributed by atoms with E-state index in [1.165, 1.54) is 0 Å². The van der Waals surface area contributed by atoms with E-state index in [2.05, 4.69) is 0 Å². The van der Waals surface area contributed by atoms with E-state index in [4.69, 9.17) is 19.2 Å². The van der Waals surface area contributed by atoms with Gasteiger partial charge in [-0.25, -0.2) is 0 Å². The van der Waals surface area contributed by atoms with Crippen molar-refractivity contribution in [1.29, 1.82) is 0 Å². The Labute approximate surface area is 78.8 Å². The summed E-state index contributed by atoms with van der Waals surface area (Å²) in [6.45, 7) is 0. The van der Waals surface area contributed by atoms with Crippen LogP contribution >= 0.6 is 7.82 Å². The number of phosphoric acid groups is 1. The Morgan fingerprint density at radius 1 is 0.900 bits per heavy atom. The SMILES string of the molecule is O=P([O-])([O-])[O-].[F-].[F-].[F-].[Li+].[V+5]. The predicted molar refractivity (Wildman–Crippen MR) is 7.61 cm³/mol. The second kappa shape index (κ2) is 16.6. The minimum absolute atomic E-state index is 0. The summed E-state index contributed by atoms with van der Waals surface area (Å²) in [5.74, 6) is 0. The van der Waals surface area contributed by atoms with Gasteiger partial charge >= 0.3 is 37.4 Å². The summed E-state index contributed by atoms with van der Waals surface area (Å²) < 4.78 is 8.55. The zero-order chi connectivity index (χ0) is 4.50. The van der Waals surface area contributed by atoms with Gasteiger partial charge < -0.3 is 33.4 Å². The van der Waals surface area contributed by atoms with Crippen molar-refractivity contribution < 1.29 is 70.8 Å². The Morgan fingerprint density at radius 2 is 0.900 bits per heavy atom. The van der Waals surface area contributed by atoms with Crippen LogP contribution in [-0.2, 0) is 23.1 Å². The van der Waals surface area contributed by atoms with Crippen molar-refractivity contribution in [2.75, 3.05) is 0 Å². The molecule has 0 saturated carbocycles. The van der Waals surface area contributed by atoms with E-state index >= 15 is 0 Å². The molecule has 0 heterocycles. The van der Waals surface area contributed by atoms with Crippen LogP contribution in [0.5, 0.6) is 0 Å². The maximum Gasteiger partial charge on any atom is 5.00 e. The Hall–Kier alpha value is 1.08. The van der Waals surface area contributed by atoms with Crippen LogP contribution in [0, 0.1) is 0 Å². The van der Waals surface area contributed by atoms with Gasteiger partial charge in [0, 0.05) is 0 Å². The fourth-order valence-electron chi connectivity index (χ4n) is 0. The molecule has 10 heavy (non-hydrogen) atoms. The molecule has 0 saturated heterocycles. The molecule has 0 rings (SSSR count). The molecule has 0 unspecified atom stereocenters. The van der Waals surface area contributed by atoms with Crippen LogP contribution in [0.4, 0.5) is 0 Å². The number of hydrogen-bond acceptors (Lipinski definition) is 4. The molecule has 10 heteroatoms. The normalized spacial score (nSPS) is 5.90. The second-order valence-corrected chi connectivity index (χ2v) is 1.34. The molecule has 0 aliphatic rings. The fourth-order valence-corrected chi connectivity index (χ4v) is 0. The largest absolute Gasteiger partial charge is 5.00 e. The standard InChI is InChI=1S/3FH.Li.H3O4P.V/c;;;;1-5(2,3)4;/h3*1H;;(H3,1,2,3,4);/q;;;+1;;+5/p-6. The van der Waals surface area contributed by atoms with Crippen molar-refractivity contribution in [3.05, 3.63) is 0 Å². The Kier molecular flexibility index (Phi) is 72.3. The first kappa shape index (κ1) is 43.6. The van der Waals surface area contributed by atoms with E-state index in [0.717, 1.165) is 0 Å². The van der Waals surface area contributed by atoms with E-state index in [1.807, 2.05) is 0 Å². The maximum absolute atomic E-state index is 8.55. The molecule has 0 radical (unpaired) electrons. The average molecular weight is 210 g/mol. The average Bonchev–Trinajstić information content (AvgIpc) is 0.722. The quantitative estimate of drug-likeness (QED) is 0.293. The summed E-state index contributed by atoms with van der Waals surface area (Å²) in [4.78, 5) is 25.6. The summed E-state index contributed by atoms with van der Waals surface area (Å²) in [5, 5.41) is 0. The van der Waals surface area contributed by atoms with Crippen molar-refractivity contribution in [1.82, 2.24) is 0 Å². The first-order valence-electron chi connectivity index (χ1n) is 0.730. The van der Waals surface area contributed by atoms with Crippen molar-refractivity contribution in [3.63, 3.8) is 0 Å².